The number of hydrogen-bond donors (Lipinski definition) is 1. The van der Waals surface area contributed by atoms with E-state index in [1.165, 1.54) is 23.9 Å². The van der Waals surface area contributed by atoms with Crippen molar-refractivity contribution in [3.63, 3.8) is 0 Å². The molecule has 0 spiro atoms. The standard InChI is InChI=1S/C18H12ClFN6OS/c19-12-5-4-11(9-13(12)20)22-17(27)10-28-18-24-23-16-7-6-15(25-26(16)18)14-3-1-2-8-21-14/h1-9H,10H2,(H,22,27). The first-order valence-corrected chi connectivity index (χ1v) is 9.48. The summed E-state index contributed by atoms with van der Waals surface area (Å²) in [4.78, 5) is 16.4. The third-order valence-electron chi connectivity index (χ3n) is 3.70. The van der Waals surface area contributed by atoms with Crippen molar-refractivity contribution in [2.45, 2.75) is 5.16 Å². The number of carbonyl (C=O) groups excluding carboxylic acids is 1. The van der Waals surface area contributed by atoms with Crippen molar-refractivity contribution >= 4 is 40.6 Å². The Morgan fingerprint density at radius 1 is 1.14 bits per heavy atom. The van der Waals surface area contributed by atoms with Gasteiger partial charge in [0.1, 0.15) is 11.5 Å². The Balaban J connectivity index is 1.48. The highest BCUT2D eigenvalue weighted by molar-refractivity contribution is 7.99. The molecule has 0 aliphatic carbocycles. The van der Waals surface area contributed by atoms with Crippen molar-refractivity contribution < 1.29 is 9.18 Å². The van der Waals surface area contributed by atoms with Gasteiger partial charge in [0.25, 0.3) is 0 Å². The average molecular weight is 415 g/mol. The van der Waals surface area contributed by atoms with E-state index in [4.69, 9.17) is 11.6 Å². The van der Waals surface area contributed by atoms with Crippen molar-refractivity contribution in [3.05, 3.63) is 65.6 Å². The van der Waals surface area contributed by atoms with Crippen molar-refractivity contribution in [3.8, 4) is 11.4 Å². The Morgan fingerprint density at radius 2 is 2.04 bits per heavy atom. The van der Waals surface area contributed by atoms with Gasteiger partial charge >= 0.3 is 0 Å². The number of anilines is 1. The molecule has 0 bridgehead atoms. The van der Waals surface area contributed by atoms with Crippen LogP contribution in [0.2, 0.25) is 5.02 Å². The summed E-state index contributed by atoms with van der Waals surface area (Å²) in [6.45, 7) is 0. The fraction of sp³-hybridized carbons (Fsp3) is 0.0556. The van der Waals surface area contributed by atoms with Gasteiger partial charge in [0.15, 0.2) is 5.65 Å². The summed E-state index contributed by atoms with van der Waals surface area (Å²) in [5, 5.41) is 15.7. The summed E-state index contributed by atoms with van der Waals surface area (Å²) in [6.07, 6.45) is 1.69. The zero-order valence-electron chi connectivity index (χ0n) is 14.2. The Labute approximate surface area is 168 Å². The van der Waals surface area contributed by atoms with Crippen LogP contribution in [0.5, 0.6) is 0 Å². The minimum absolute atomic E-state index is 0.00270. The lowest BCUT2D eigenvalue weighted by Crippen LogP contribution is -2.14. The quantitative estimate of drug-likeness (QED) is 0.501. The zero-order valence-corrected chi connectivity index (χ0v) is 15.8. The average Bonchev–Trinajstić information content (AvgIpc) is 3.12. The highest BCUT2D eigenvalue weighted by Gasteiger charge is 2.12. The van der Waals surface area contributed by atoms with E-state index in [-0.39, 0.29) is 16.7 Å². The maximum Gasteiger partial charge on any atom is 0.234 e. The lowest BCUT2D eigenvalue weighted by Gasteiger charge is -2.05. The Hall–Kier alpha value is -3.04. The number of nitrogens with one attached hydrogen (secondary N) is 1. The van der Waals surface area contributed by atoms with Gasteiger partial charge in [-0.25, -0.2) is 4.39 Å². The maximum atomic E-state index is 13.5. The highest BCUT2D eigenvalue weighted by atomic mass is 35.5. The van der Waals surface area contributed by atoms with E-state index in [0.29, 0.717) is 22.2 Å². The molecule has 0 fully saturated rings. The normalized spacial score (nSPS) is 10.9. The van der Waals surface area contributed by atoms with Crippen LogP contribution in [0.3, 0.4) is 0 Å². The number of amides is 1. The molecule has 4 rings (SSSR count). The topological polar surface area (TPSA) is 85.1 Å². The summed E-state index contributed by atoms with van der Waals surface area (Å²) in [5.41, 5.74) is 2.27. The number of thioether (sulfide) groups is 1. The number of hydrogen-bond acceptors (Lipinski definition) is 6. The van der Waals surface area contributed by atoms with E-state index >= 15 is 0 Å². The summed E-state index contributed by atoms with van der Waals surface area (Å²) in [6, 6.07) is 13.2. The number of carbonyl (C=O) groups is 1. The Bertz CT molecular complexity index is 1150. The van der Waals surface area contributed by atoms with Crippen molar-refractivity contribution in [2.75, 3.05) is 11.1 Å². The summed E-state index contributed by atoms with van der Waals surface area (Å²) < 4.78 is 15.0. The smallest absolute Gasteiger partial charge is 0.234 e. The fourth-order valence-electron chi connectivity index (χ4n) is 2.41. The number of aromatic nitrogens is 5. The van der Waals surface area contributed by atoms with Crippen LogP contribution < -0.4 is 5.32 Å². The maximum absolute atomic E-state index is 13.5. The molecular weight excluding hydrogens is 403 g/mol. The largest absolute Gasteiger partial charge is 0.325 e. The number of rotatable bonds is 5. The summed E-state index contributed by atoms with van der Waals surface area (Å²) in [5.74, 6) is -0.855. The van der Waals surface area contributed by atoms with Gasteiger partial charge in [-0.2, -0.15) is 9.61 Å². The van der Waals surface area contributed by atoms with E-state index in [1.807, 2.05) is 24.3 Å². The fourth-order valence-corrected chi connectivity index (χ4v) is 3.22. The minimum atomic E-state index is -0.596. The van der Waals surface area contributed by atoms with Gasteiger partial charge in [-0.05, 0) is 42.5 Å². The Morgan fingerprint density at radius 3 is 2.82 bits per heavy atom. The monoisotopic (exact) mass is 414 g/mol. The third kappa shape index (κ3) is 3.95. The highest BCUT2D eigenvalue weighted by Crippen LogP contribution is 2.21. The van der Waals surface area contributed by atoms with Crippen LogP contribution in [-0.4, -0.2) is 36.5 Å². The molecular formula is C18H12ClFN6OS. The van der Waals surface area contributed by atoms with E-state index in [0.717, 1.165) is 11.8 Å². The van der Waals surface area contributed by atoms with Gasteiger partial charge in [-0.15, -0.1) is 10.2 Å². The predicted octanol–water partition coefficient (Wildman–Crippen LogP) is 3.71. The zero-order chi connectivity index (χ0) is 19.5. The van der Waals surface area contributed by atoms with Crippen molar-refractivity contribution in [1.29, 1.82) is 0 Å². The number of benzene rings is 1. The molecule has 1 N–H and O–H groups in total. The predicted molar refractivity (Wildman–Crippen MR) is 105 cm³/mol. The first-order chi connectivity index (χ1) is 13.6. The molecule has 140 valence electrons. The number of nitrogens with zero attached hydrogens (tertiary/aromatic N) is 5. The molecule has 10 heteroatoms. The molecule has 0 aliphatic heterocycles. The van der Waals surface area contributed by atoms with Crippen LogP contribution in [0.25, 0.3) is 17.0 Å². The number of pyridine rings is 1. The molecule has 0 atom stereocenters. The second-order valence-corrected chi connectivity index (χ2v) is 7.00. The van der Waals surface area contributed by atoms with Gasteiger partial charge in [0.05, 0.1) is 16.5 Å². The molecule has 7 nitrogen and oxygen atoms in total. The van der Waals surface area contributed by atoms with Crippen LogP contribution in [0.4, 0.5) is 10.1 Å². The third-order valence-corrected chi connectivity index (χ3v) is 4.92. The lowest BCUT2D eigenvalue weighted by atomic mass is 10.2. The van der Waals surface area contributed by atoms with Crippen LogP contribution in [-0.2, 0) is 4.79 Å². The first-order valence-electron chi connectivity index (χ1n) is 8.12. The first kappa shape index (κ1) is 18.3. The molecule has 1 amide bonds. The molecule has 3 heterocycles. The van der Waals surface area contributed by atoms with Gasteiger partial charge in [0.2, 0.25) is 11.1 Å². The van der Waals surface area contributed by atoms with Crippen LogP contribution in [0.1, 0.15) is 0 Å². The molecule has 3 aromatic heterocycles. The summed E-state index contributed by atoms with van der Waals surface area (Å²) >= 11 is 6.81. The van der Waals surface area contributed by atoms with Gasteiger partial charge < -0.3 is 5.32 Å². The second kappa shape index (κ2) is 7.91. The molecule has 28 heavy (non-hydrogen) atoms. The van der Waals surface area contributed by atoms with E-state index in [9.17, 15) is 9.18 Å². The molecule has 0 saturated carbocycles. The number of halogens is 2. The molecule has 0 radical (unpaired) electrons. The molecule has 0 saturated heterocycles. The molecule has 1 aromatic carbocycles. The molecule has 4 aromatic rings. The SMILES string of the molecule is O=C(CSc1nnc2ccc(-c3ccccn3)nn12)Nc1ccc(Cl)c(F)c1. The summed E-state index contributed by atoms with van der Waals surface area (Å²) in [7, 11) is 0. The van der Waals surface area contributed by atoms with Gasteiger partial charge in [-0.3, -0.25) is 9.78 Å². The van der Waals surface area contributed by atoms with Crippen LogP contribution in [0, 0.1) is 5.82 Å². The van der Waals surface area contributed by atoms with Crippen molar-refractivity contribution in [1.82, 2.24) is 24.8 Å². The molecule has 0 unspecified atom stereocenters. The van der Waals surface area contributed by atoms with Crippen LogP contribution in [0.15, 0.2) is 59.9 Å². The van der Waals surface area contributed by atoms with Gasteiger partial charge in [-0.1, -0.05) is 29.4 Å². The minimum Gasteiger partial charge on any atom is -0.325 e. The lowest BCUT2D eigenvalue weighted by molar-refractivity contribution is -0.113. The van der Waals surface area contributed by atoms with E-state index in [2.05, 4.69) is 25.6 Å². The molecule has 0 aliphatic rings. The second-order valence-electron chi connectivity index (χ2n) is 5.65. The van der Waals surface area contributed by atoms with Gasteiger partial charge in [0, 0.05) is 11.9 Å². The number of fused-ring (bicyclic) bond motifs is 1. The Kier molecular flexibility index (Phi) is 5.18. The van der Waals surface area contributed by atoms with E-state index in [1.54, 1.807) is 16.8 Å². The van der Waals surface area contributed by atoms with Crippen molar-refractivity contribution in [2.24, 2.45) is 0 Å². The van der Waals surface area contributed by atoms with E-state index < -0.39 is 5.82 Å². The van der Waals surface area contributed by atoms with Crippen LogP contribution >= 0.6 is 23.4 Å².